The van der Waals surface area contributed by atoms with Crippen molar-refractivity contribution in [1.29, 1.82) is 0 Å². The minimum Gasteiger partial charge on any atom is -0.314 e. The van der Waals surface area contributed by atoms with Crippen LogP contribution in [0.1, 0.15) is 54.4 Å². The Hall–Kier alpha value is -0.0400. The second-order valence-corrected chi connectivity index (χ2v) is 5.30. The van der Waals surface area contributed by atoms with Gasteiger partial charge in [0.1, 0.15) is 0 Å². The Morgan fingerprint density at radius 1 is 1.15 bits per heavy atom. The fraction of sp³-hybridized carbons (Fsp3) is 1.00. The molecule has 0 aromatic rings. The molecule has 0 radical (unpaired) electrons. The van der Waals surface area contributed by atoms with Crippen LogP contribution in [0.5, 0.6) is 0 Å². The molecule has 0 aromatic heterocycles. The van der Waals surface area contributed by atoms with Crippen LogP contribution in [0.15, 0.2) is 0 Å². The van der Waals surface area contributed by atoms with Gasteiger partial charge in [-0.1, -0.05) is 41.5 Å². The van der Waals surface area contributed by atoms with E-state index >= 15 is 0 Å². The maximum absolute atomic E-state index is 3.54. The third kappa shape index (κ3) is 6.09. The lowest BCUT2D eigenvalue weighted by atomic mass is 9.79. The zero-order valence-electron chi connectivity index (χ0n) is 10.3. The molecule has 1 nitrogen and oxygen atoms in total. The van der Waals surface area contributed by atoms with E-state index in [9.17, 15) is 0 Å². The van der Waals surface area contributed by atoms with E-state index in [0.717, 1.165) is 12.5 Å². The Morgan fingerprint density at radius 3 is 2.00 bits per heavy atom. The molecule has 80 valence electrons. The molecule has 0 amide bonds. The molecule has 0 spiro atoms. The van der Waals surface area contributed by atoms with Crippen LogP contribution >= 0.6 is 0 Å². The van der Waals surface area contributed by atoms with E-state index in [4.69, 9.17) is 0 Å². The van der Waals surface area contributed by atoms with E-state index in [-0.39, 0.29) is 0 Å². The van der Waals surface area contributed by atoms with Crippen molar-refractivity contribution in [2.45, 2.75) is 60.4 Å². The lowest BCUT2D eigenvalue weighted by Crippen LogP contribution is -2.36. The van der Waals surface area contributed by atoms with Gasteiger partial charge >= 0.3 is 0 Å². The first kappa shape index (κ1) is 13.0. The maximum atomic E-state index is 3.54. The maximum Gasteiger partial charge on any atom is 0.00106 e. The average Bonchev–Trinajstić information content (AvgIpc) is 2.00. The van der Waals surface area contributed by atoms with Gasteiger partial charge in [0.05, 0.1) is 0 Å². The van der Waals surface area contributed by atoms with Gasteiger partial charge in [-0.05, 0) is 24.2 Å². The summed E-state index contributed by atoms with van der Waals surface area (Å²) in [6.07, 6.45) is 2.59. The van der Waals surface area contributed by atoms with E-state index < -0.39 is 0 Å². The minimum absolute atomic E-state index is 0.485. The molecular weight excluding hydrogens is 158 g/mol. The number of hydrogen-bond donors (Lipinski definition) is 1. The summed E-state index contributed by atoms with van der Waals surface area (Å²) in [6, 6.07) is 0.609. The molecule has 0 bridgehead atoms. The molecular formula is C12H27N. The Kier molecular flexibility index (Phi) is 5.62. The number of nitrogens with one attached hydrogen (secondary N) is 1. The average molecular weight is 185 g/mol. The van der Waals surface area contributed by atoms with Gasteiger partial charge in [0.2, 0.25) is 0 Å². The molecule has 0 heterocycles. The molecule has 0 aromatic carbocycles. The van der Waals surface area contributed by atoms with Crippen molar-refractivity contribution in [3.05, 3.63) is 0 Å². The first-order chi connectivity index (χ1) is 5.89. The topological polar surface area (TPSA) is 12.0 Å². The normalized spacial score (nSPS) is 16.6. The molecule has 0 aliphatic carbocycles. The van der Waals surface area contributed by atoms with Crippen LogP contribution in [0, 0.1) is 11.3 Å². The standard InChI is InChI=1S/C12H27N/c1-7-12(6,8-10(2)3)9-13-11(4)5/h10-11,13H,7-9H2,1-6H3. The van der Waals surface area contributed by atoms with Gasteiger partial charge in [0, 0.05) is 12.6 Å². The van der Waals surface area contributed by atoms with Crippen molar-refractivity contribution in [3.63, 3.8) is 0 Å². The molecule has 0 saturated heterocycles. The van der Waals surface area contributed by atoms with Crippen LogP contribution in [-0.4, -0.2) is 12.6 Å². The molecule has 1 atom stereocenters. The summed E-state index contributed by atoms with van der Waals surface area (Å²) in [4.78, 5) is 0. The second kappa shape index (κ2) is 5.64. The van der Waals surface area contributed by atoms with Gasteiger partial charge in [0.15, 0.2) is 0 Å². The van der Waals surface area contributed by atoms with Crippen LogP contribution in [0.3, 0.4) is 0 Å². The molecule has 0 aliphatic heterocycles. The Balaban J connectivity index is 3.96. The molecule has 1 N–H and O–H groups in total. The van der Waals surface area contributed by atoms with E-state index in [0.29, 0.717) is 11.5 Å². The summed E-state index contributed by atoms with van der Waals surface area (Å²) in [5, 5.41) is 3.54. The van der Waals surface area contributed by atoms with Gasteiger partial charge in [-0.2, -0.15) is 0 Å². The molecule has 1 heteroatoms. The molecule has 13 heavy (non-hydrogen) atoms. The van der Waals surface area contributed by atoms with Crippen LogP contribution in [-0.2, 0) is 0 Å². The highest BCUT2D eigenvalue weighted by Crippen LogP contribution is 2.28. The molecule has 0 saturated carbocycles. The number of rotatable bonds is 6. The first-order valence-electron chi connectivity index (χ1n) is 5.63. The van der Waals surface area contributed by atoms with Gasteiger partial charge in [0.25, 0.3) is 0 Å². The summed E-state index contributed by atoms with van der Waals surface area (Å²) < 4.78 is 0. The lowest BCUT2D eigenvalue weighted by molar-refractivity contribution is 0.229. The van der Waals surface area contributed by atoms with E-state index in [1.165, 1.54) is 12.8 Å². The van der Waals surface area contributed by atoms with Crippen LogP contribution in [0.25, 0.3) is 0 Å². The van der Waals surface area contributed by atoms with Crippen molar-refractivity contribution >= 4 is 0 Å². The van der Waals surface area contributed by atoms with Crippen molar-refractivity contribution in [3.8, 4) is 0 Å². The third-order valence-corrected chi connectivity index (χ3v) is 2.69. The van der Waals surface area contributed by atoms with Gasteiger partial charge in [-0.25, -0.2) is 0 Å². The summed E-state index contributed by atoms with van der Waals surface area (Å²) in [5.41, 5.74) is 0.485. The first-order valence-corrected chi connectivity index (χ1v) is 5.63. The summed E-state index contributed by atoms with van der Waals surface area (Å²) in [5.74, 6) is 0.805. The molecule has 0 aliphatic rings. The predicted molar refractivity (Wildman–Crippen MR) is 61.0 cm³/mol. The van der Waals surface area contributed by atoms with Crippen molar-refractivity contribution < 1.29 is 0 Å². The largest absolute Gasteiger partial charge is 0.314 e. The van der Waals surface area contributed by atoms with Gasteiger partial charge < -0.3 is 5.32 Å². The van der Waals surface area contributed by atoms with Crippen molar-refractivity contribution in [2.75, 3.05) is 6.54 Å². The summed E-state index contributed by atoms with van der Waals surface area (Å²) in [7, 11) is 0. The van der Waals surface area contributed by atoms with Crippen LogP contribution in [0.4, 0.5) is 0 Å². The third-order valence-electron chi connectivity index (χ3n) is 2.69. The zero-order chi connectivity index (χ0) is 10.5. The van der Waals surface area contributed by atoms with Crippen LogP contribution < -0.4 is 5.32 Å². The summed E-state index contributed by atoms with van der Waals surface area (Å²) in [6.45, 7) is 14.9. The van der Waals surface area contributed by atoms with Gasteiger partial charge in [-0.3, -0.25) is 0 Å². The minimum atomic E-state index is 0.485. The van der Waals surface area contributed by atoms with Crippen LogP contribution in [0.2, 0.25) is 0 Å². The fourth-order valence-electron chi connectivity index (χ4n) is 1.78. The van der Waals surface area contributed by atoms with Crippen molar-refractivity contribution in [2.24, 2.45) is 11.3 Å². The highest BCUT2D eigenvalue weighted by Gasteiger charge is 2.22. The molecule has 1 unspecified atom stereocenters. The SMILES string of the molecule is CCC(C)(CNC(C)C)CC(C)C. The fourth-order valence-corrected chi connectivity index (χ4v) is 1.78. The van der Waals surface area contributed by atoms with E-state index in [1.54, 1.807) is 0 Å². The molecule has 0 rings (SSSR count). The van der Waals surface area contributed by atoms with Gasteiger partial charge in [-0.15, -0.1) is 0 Å². The summed E-state index contributed by atoms with van der Waals surface area (Å²) >= 11 is 0. The Bertz CT molecular complexity index is 129. The van der Waals surface area contributed by atoms with E-state index in [2.05, 4.69) is 46.9 Å². The molecule has 0 fully saturated rings. The zero-order valence-corrected chi connectivity index (χ0v) is 10.3. The highest BCUT2D eigenvalue weighted by atomic mass is 14.9. The predicted octanol–water partition coefficient (Wildman–Crippen LogP) is 3.45. The lowest BCUT2D eigenvalue weighted by Gasteiger charge is -2.31. The second-order valence-electron chi connectivity index (χ2n) is 5.30. The smallest absolute Gasteiger partial charge is 0.00106 e. The quantitative estimate of drug-likeness (QED) is 0.668. The number of hydrogen-bond acceptors (Lipinski definition) is 1. The Labute approximate surface area is 84.3 Å². The monoisotopic (exact) mass is 185 g/mol. The Morgan fingerprint density at radius 2 is 1.69 bits per heavy atom. The van der Waals surface area contributed by atoms with E-state index in [1.807, 2.05) is 0 Å². The highest BCUT2D eigenvalue weighted by molar-refractivity contribution is 4.77. The van der Waals surface area contributed by atoms with Crippen molar-refractivity contribution in [1.82, 2.24) is 5.32 Å².